The van der Waals surface area contributed by atoms with Gasteiger partial charge in [0.2, 0.25) is 5.75 Å². The first kappa shape index (κ1) is 30.3. The average molecular weight is 566 g/mol. The van der Waals surface area contributed by atoms with Crippen LogP contribution in [0.4, 0.5) is 0 Å². The number of hydrogen-bond donors (Lipinski definition) is 2. The lowest BCUT2D eigenvalue weighted by molar-refractivity contribution is -0.120. The molecule has 0 aromatic heterocycles. The fourth-order valence-corrected chi connectivity index (χ4v) is 3.54. The Morgan fingerprint density at radius 3 is 2.05 bits per heavy atom. The predicted octanol–water partition coefficient (Wildman–Crippen LogP) is 3.22. The lowest BCUT2D eigenvalue weighted by Gasteiger charge is -2.14. The number of nitrogens with one attached hydrogen (secondary N) is 2. The van der Waals surface area contributed by atoms with Crippen LogP contribution in [0.1, 0.15) is 33.2 Å². The van der Waals surface area contributed by atoms with E-state index in [0.29, 0.717) is 46.5 Å². The fourth-order valence-electron chi connectivity index (χ4n) is 3.54. The van der Waals surface area contributed by atoms with Gasteiger partial charge >= 0.3 is 5.97 Å². The maximum absolute atomic E-state index is 12.6. The third-order valence-electron chi connectivity index (χ3n) is 5.54. The summed E-state index contributed by atoms with van der Waals surface area (Å²) in [5.41, 5.74) is 3.47. The zero-order valence-electron chi connectivity index (χ0n) is 23.3. The number of carbonyl (C=O) groups is 3. The van der Waals surface area contributed by atoms with Crippen molar-refractivity contribution in [3.05, 3.63) is 71.3 Å². The highest BCUT2D eigenvalue weighted by Crippen LogP contribution is 2.38. The molecule has 41 heavy (non-hydrogen) atoms. The summed E-state index contributed by atoms with van der Waals surface area (Å²) in [6, 6.07) is 14.3. The molecule has 0 bridgehead atoms. The molecule has 3 aromatic rings. The molecular formula is C29H31N3O9. The van der Waals surface area contributed by atoms with Gasteiger partial charge in [-0.2, -0.15) is 5.10 Å². The molecule has 2 N–H and O–H groups in total. The number of hydrazone groups is 1. The number of hydrogen-bond acceptors (Lipinski definition) is 10. The SMILES string of the molecule is CCOc1cc(/C=N\NC(=O)CNC(=O)c2cc(OC)c(OC)c(OC)c2)ccc1OC(=O)c1ccc(OC)cc1. The number of benzene rings is 3. The topological polar surface area (TPSA) is 143 Å². The first-order valence-electron chi connectivity index (χ1n) is 12.4. The molecule has 2 amide bonds. The molecule has 3 rings (SSSR count). The number of ether oxygens (including phenoxy) is 6. The molecule has 12 heteroatoms. The number of rotatable bonds is 13. The van der Waals surface area contributed by atoms with Gasteiger partial charge in [0.15, 0.2) is 23.0 Å². The lowest BCUT2D eigenvalue weighted by Crippen LogP contribution is -2.34. The average Bonchev–Trinajstić information content (AvgIpc) is 3.00. The van der Waals surface area contributed by atoms with E-state index < -0.39 is 17.8 Å². The largest absolute Gasteiger partial charge is 0.497 e. The summed E-state index contributed by atoms with van der Waals surface area (Å²) >= 11 is 0. The van der Waals surface area contributed by atoms with Crippen molar-refractivity contribution in [2.24, 2.45) is 5.10 Å². The maximum Gasteiger partial charge on any atom is 0.343 e. The molecule has 0 fully saturated rings. The van der Waals surface area contributed by atoms with E-state index in [1.807, 2.05) is 0 Å². The summed E-state index contributed by atoms with van der Waals surface area (Å²) in [4.78, 5) is 37.4. The summed E-state index contributed by atoms with van der Waals surface area (Å²) in [5.74, 6) is 0.476. The van der Waals surface area contributed by atoms with E-state index in [1.54, 1.807) is 49.4 Å². The molecule has 0 unspecified atom stereocenters. The maximum atomic E-state index is 12.6. The Kier molecular flexibility index (Phi) is 10.9. The Morgan fingerprint density at radius 1 is 0.780 bits per heavy atom. The van der Waals surface area contributed by atoms with Gasteiger partial charge in [-0.05, 0) is 67.1 Å². The highest BCUT2D eigenvalue weighted by Gasteiger charge is 2.18. The highest BCUT2D eigenvalue weighted by molar-refractivity contribution is 5.97. The second kappa shape index (κ2) is 14.8. The summed E-state index contributed by atoms with van der Waals surface area (Å²) in [7, 11) is 5.86. The van der Waals surface area contributed by atoms with Crippen LogP contribution in [0.25, 0.3) is 0 Å². The third kappa shape index (κ3) is 8.12. The summed E-state index contributed by atoms with van der Waals surface area (Å²) in [6.45, 7) is 1.79. The van der Waals surface area contributed by atoms with Crippen molar-refractivity contribution >= 4 is 24.0 Å². The van der Waals surface area contributed by atoms with Crippen LogP contribution >= 0.6 is 0 Å². The third-order valence-corrected chi connectivity index (χ3v) is 5.54. The van der Waals surface area contributed by atoms with E-state index in [-0.39, 0.29) is 17.9 Å². The Balaban J connectivity index is 1.59. The molecule has 0 aliphatic rings. The van der Waals surface area contributed by atoms with E-state index >= 15 is 0 Å². The molecule has 0 saturated heterocycles. The first-order chi connectivity index (χ1) is 19.8. The number of carbonyl (C=O) groups excluding carboxylic acids is 3. The van der Waals surface area contributed by atoms with E-state index in [9.17, 15) is 14.4 Å². The highest BCUT2D eigenvalue weighted by atomic mass is 16.6. The number of amides is 2. The molecule has 12 nitrogen and oxygen atoms in total. The molecule has 0 aliphatic carbocycles. The predicted molar refractivity (Wildman–Crippen MR) is 150 cm³/mol. The molecule has 0 atom stereocenters. The van der Waals surface area contributed by atoms with Gasteiger partial charge in [-0.25, -0.2) is 10.2 Å². The number of esters is 1. The molecule has 3 aromatic carbocycles. The number of methoxy groups -OCH3 is 4. The quantitative estimate of drug-likeness (QED) is 0.138. The minimum atomic E-state index is -0.559. The van der Waals surface area contributed by atoms with Gasteiger partial charge in [-0.1, -0.05) is 0 Å². The van der Waals surface area contributed by atoms with Gasteiger partial charge in [0.1, 0.15) is 5.75 Å². The normalized spacial score (nSPS) is 10.5. The second-order valence-corrected chi connectivity index (χ2v) is 8.15. The zero-order chi connectivity index (χ0) is 29.8. The van der Waals surface area contributed by atoms with E-state index in [0.717, 1.165) is 0 Å². The van der Waals surface area contributed by atoms with Crippen LogP contribution in [0, 0.1) is 0 Å². The number of nitrogens with zero attached hydrogens (tertiary/aromatic N) is 1. The van der Waals surface area contributed by atoms with Gasteiger partial charge in [0, 0.05) is 5.56 Å². The van der Waals surface area contributed by atoms with Crippen LogP contribution in [0.15, 0.2) is 59.7 Å². The van der Waals surface area contributed by atoms with Gasteiger partial charge in [-0.3, -0.25) is 9.59 Å². The van der Waals surface area contributed by atoms with Crippen molar-refractivity contribution in [1.82, 2.24) is 10.7 Å². The van der Waals surface area contributed by atoms with Crippen molar-refractivity contribution in [3.63, 3.8) is 0 Å². The van der Waals surface area contributed by atoms with Crippen molar-refractivity contribution in [2.75, 3.05) is 41.6 Å². The summed E-state index contributed by atoms with van der Waals surface area (Å²) in [5, 5.41) is 6.42. The Morgan fingerprint density at radius 2 is 1.46 bits per heavy atom. The Hall–Kier alpha value is -5.26. The van der Waals surface area contributed by atoms with Crippen LogP contribution in [0.3, 0.4) is 0 Å². The molecule has 216 valence electrons. The van der Waals surface area contributed by atoms with E-state index in [4.69, 9.17) is 28.4 Å². The second-order valence-electron chi connectivity index (χ2n) is 8.15. The Labute approximate surface area is 237 Å². The van der Waals surface area contributed by atoms with E-state index in [1.165, 1.54) is 46.8 Å². The molecular weight excluding hydrogens is 534 g/mol. The van der Waals surface area contributed by atoms with Crippen molar-refractivity contribution < 1.29 is 42.8 Å². The van der Waals surface area contributed by atoms with Crippen molar-refractivity contribution in [1.29, 1.82) is 0 Å². The zero-order valence-corrected chi connectivity index (χ0v) is 23.3. The van der Waals surface area contributed by atoms with Gasteiger partial charge < -0.3 is 33.7 Å². The molecule has 0 heterocycles. The van der Waals surface area contributed by atoms with Gasteiger partial charge in [0.25, 0.3) is 11.8 Å². The van der Waals surface area contributed by atoms with Gasteiger partial charge in [-0.15, -0.1) is 0 Å². The molecule has 0 saturated carbocycles. The Bertz CT molecular complexity index is 1380. The lowest BCUT2D eigenvalue weighted by atomic mass is 10.1. The van der Waals surface area contributed by atoms with Crippen LogP contribution < -0.4 is 39.2 Å². The van der Waals surface area contributed by atoms with E-state index in [2.05, 4.69) is 15.8 Å². The fraction of sp³-hybridized carbons (Fsp3) is 0.241. The van der Waals surface area contributed by atoms with Crippen LogP contribution in [-0.4, -0.2) is 65.6 Å². The molecule has 0 aliphatic heterocycles. The van der Waals surface area contributed by atoms with Crippen molar-refractivity contribution in [3.8, 4) is 34.5 Å². The minimum absolute atomic E-state index is 0.215. The van der Waals surface area contributed by atoms with Crippen LogP contribution in [-0.2, 0) is 4.79 Å². The molecule has 0 radical (unpaired) electrons. The van der Waals surface area contributed by atoms with Gasteiger partial charge in [0.05, 0.1) is 53.4 Å². The van der Waals surface area contributed by atoms with Crippen LogP contribution in [0.2, 0.25) is 0 Å². The minimum Gasteiger partial charge on any atom is -0.497 e. The first-order valence-corrected chi connectivity index (χ1v) is 12.4. The summed E-state index contributed by atoms with van der Waals surface area (Å²) < 4.78 is 32.0. The standard InChI is InChI=1S/C29H31N3O9/c1-6-40-23-13-18(7-12-22(23)41-29(35)19-8-10-21(36-2)11-9-19)16-31-32-26(33)17-30-28(34)20-14-24(37-3)27(39-5)25(15-20)38-4/h7-16H,6,17H2,1-5H3,(H,30,34)(H,32,33)/b31-16-. The summed E-state index contributed by atoms with van der Waals surface area (Å²) in [6.07, 6.45) is 1.39. The van der Waals surface area contributed by atoms with Crippen LogP contribution in [0.5, 0.6) is 34.5 Å². The smallest absolute Gasteiger partial charge is 0.343 e. The monoisotopic (exact) mass is 565 g/mol. The molecule has 0 spiro atoms. The van der Waals surface area contributed by atoms with Crippen molar-refractivity contribution in [2.45, 2.75) is 6.92 Å².